The number of anilines is 1. The van der Waals surface area contributed by atoms with Crippen LogP contribution in [0.25, 0.3) is 0 Å². The Hall–Kier alpha value is -2.69. The molecule has 0 fully saturated rings. The summed E-state index contributed by atoms with van der Waals surface area (Å²) in [5.74, 6) is -0.709. The minimum Gasteiger partial charge on any atom is -0.366 e. The first-order chi connectivity index (χ1) is 11.4. The fourth-order valence-electron chi connectivity index (χ4n) is 3.23. The zero-order chi connectivity index (χ0) is 17.3. The Labute approximate surface area is 141 Å². The van der Waals surface area contributed by atoms with Gasteiger partial charge in [0.1, 0.15) is 5.69 Å². The number of carbonyl (C=O) groups is 2. The van der Waals surface area contributed by atoms with E-state index in [0.717, 1.165) is 18.5 Å². The minimum atomic E-state index is -0.552. The fourth-order valence-corrected chi connectivity index (χ4v) is 3.23. The molecule has 24 heavy (non-hydrogen) atoms. The van der Waals surface area contributed by atoms with Crippen LogP contribution in [0.2, 0.25) is 0 Å². The Morgan fingerprint density at radius 2 is 1.92 bits per heavy atom. The van der Waals surface area contributed by atoms with Gasteiger partial charge in [-0.2, -0.15) is 0 Å². The monoisotopic (exact) mass is 323 g/mol. The second kappa shape index (κ2) is 6.07. The molecule has 0 radical (unpaired) electrons. The van der Waals surface area contributed by atoms with E-state index < -0.39 is 5.91 Å². The smallest absolute Gasteiger partial charge is 0.276 e. The molecule has 0 saturated heterocycles. The number of pyridine rings is 1. The van der Waals surface area contributed by atoms with Gasteiger partial charge >= 0.3 is 0 Å². The van der Waals surface area contributed by atoms with Crippen molar-refractivity contribution in [1.29, 1.82) is 0 Å². The fraction of sp³-hybridized carbons (Fsp3) is 0.316. The van der Waals surface area contributed by atoms with Crippen molar-refractivity contribution in [3.8, 4) is 0 Å². The van der Waals surface area contributed by atoms with E-state index in [9.17, 15) is 9.59 Å². The number of rotatable bonds is 2. The molecule has 0 spiro atoms. The lowest BCUT2D eigenvalue weighted by Gasteiger charge is -2.27. The van der Waals surface area contributed by atoms with Crippen molar-refractivity contribution in [2.45, 2.75) is 32.1 Å². The van der Waals surface area contributed by atoms with Gasteiger partial charge in [0.05, 0.1) is 5.56 Å². The zero-order valence-electron chi connectivity index (χ0n) is 14.0. The van der Waals surface area contributed by atoms with E-state index in [2.05, 4.69) is 24.9 Å². The lowest BCUT2D eigenvalue weighted by molar-refractivity contribution is 0.0975. The molecule has 0 aliphatic carbocycles. The molecular weight excluding hydrogens is 302 g/mol. The minimum absolute atomic E-state index is 0.0227. The number of para-hydroxylation sites is 1. The third-order valence-electron chi connectivity index (χ3n) is 4.62. The highest BCUT2D eigenvalue weighted by Crippen LogP contribution is 2.38. The molecule has 0 saturated carbocycles. The number of benzene rings is 1. The number of aromatic nitrogens is 1. The summed E-state index contributed by atoms with van der Waals surface area (Å²) in [6.07, 6.45) is 3.29. The van der Waals surface area contributed by atoms with Crippen LogP contribution >= 0.6 is 0 Å². The molecule has 0 unspecified atom stereocenters. The van der Waals surface area contributed by atoms with Crippen molar-refractivity contribution in [3.63, 3.8) is 0 Å². The topological polar surface area (TPSA) is 76.3 Å². The number of primary amides is 1. The average molecular weight is 323 g/mol. The third-order valence-corrected chi connectivity index (χ3v) is 4.62. The second-order valence-electron chi connectivity index (χ2n) is 6.76. The predicted octanol–water partition coefficient (Wildman–Crippen LogP) is 2.90. The number of hydrogen-bond acceptors (Lipinski definition) is 3. The van der Waals surface area contributed by atoms with Gasteiger partial charge in [0, 0.05) is 18.4 Å². The van der Waals surface area contributed by atoms with Crippen LogP contribution in [0.15, 0.2) is 42.6 Å². The number of nitrogens with zero attached hydrogens (tertiary/aromatic N) is 2. The highest BCUT2D eigenvalue weighted by Gasteiger charge is 2.31. The van der Waals surface area contributed by atoms with Gasteiger partial charge in [-0.1, -0.05) is 32.0 Å². The van der Waals surface area contributed by atoms with E-state index in [1.165, 1.54) is 17.8 Å². The molecular formula is C19H21N3O2. The molecule has 5 heteroatoms. The number of nitrogens with two attached hydrogens (primary N) is 1. The molecule has 0 bridgehead atoms. The summed E-state index contributed by atoms with van der Waals surface area (Å²) in [7, 11) is 0. The number of carbonyl (C=O) groups excluding carboxylic acids is 2. The molecule has 2 N–H and O–H groups in total. The van der Waals surface area contributed by atoms with Crippen molar-refractivity contribution in [3.05, 3.63) is 59.4 Å². The first-order valence-electron chi connectivity index (χ1n) is 8.07. The Balaban J connectivity index is 1.99. The van der Waals surface area contributed by atoms with E-state index in [1.807, 2.05) is 18.2 Å². The molecule has 2 heterocycles. The van der Waals surface area contributed by atoms with Crippen LogP contribution < -0.4 is 10.6 Å². The van der Waals surface area contributed by atoms with Gasteiger partial charge in [0.25, 0.3) is 5.91 Å². The summed E-state index contributed by atoms with van der Waals surface area (Å²) >= 11 is 0. The molecule has 3 rings (SSSR count). The standard InChI is InChI=1S/C19H21N3O2/c1-19(2)10-5-11-22(16-7-4-3-6-14(16)19)18(24)15-9-8-13(12-21-15)17(20)23/h3-4,6-9,12H,5,10-11H2,1-2H3,(H2,20,23). The highest BCUT2D eigenvalue weighted by molar-refractivity contribution is 6.05. The van der Waals surface area contributed by atoms with E-state index in [0.29, 0.717) is 17.8 Å². The van der Waals surface area contributed by atoms with Gasteiger partial charge in [-0.15, -0.1) is 0 Å². The van der Waals surface area contributed by atoms with Crippen LogP contribution in [-0.4, -0.2) is 23.3 Å². The van der Waals surface area contributed by atoms with Crippen molar-refractivity contribution >= 4 is 17.5 Å². The Kier molecular flexibility index (Phi) is 4.09. The summed E-state index contributed by atoms with van der Waals surface area (Å²) < 4.78 is 0. The van der Waals surface area contributed by atoms with Crippen LogP contribution in [0.1, 0.15) is 53.1 Å². The molecule has 1 aromatic carbocycles. The maximum Gasteiger partial charge on any atom is 0.276 e. The van der Waals surface area contributed by atoms with Crippen molar-refractivity contribution in [2.75, 3.05) is 11.4 Å². The summed E-state index contributed by atoms with van der Waals surface area (Å²) in [6, 6.07) is 11.1. The molecule has 0 atom stereocenters. The maximum absolute atomic E-state index is 13.0. The Bertz CT molecular complexity index is 781. The Morgan fingerprint density at radius 3 is 2.58 bits per heavy atom. The second-order valence-corrected chi connectivity index (χ2v) is 6.76. The lowest BCUT2D eigenvalue weighted by Crippen LogP contribution is -2.32. The normalized spacial score (nSPS) is 16.2. The molecule has 124 valence electrons. The molecule has 5 nitrogen and oxygen atoms in total. The van der Waals surface area contributed by atoms with Crippen LogP contribution in [0.3, 0.4) is 0 Å². The van der Waals surface area contributed by atoms with E-state index in [1.54, 1.807) is 11.0 Å². The molecule has 1 aliphatic heterocycles. The van der Waals surface area contributed by atoms with Gasteiger partial charge in [-0.3, -0.25) is 14.6 Å². The predicted molar refractivity (Wildman–Crippen MR) is 93.1 cm³/mol. The van der Waals surface area contributed by atoms with Crippen LogP contribution in [0.4, 0.5) is 5.69 Å². The van der Waals surface area contributed by atoms with Crippen LogP contribution in [-0.2, 0) is 5.41 Å². The molecule has 2 aromatic rings. The molecule has 1 aromatic heterocycles. The quantitative estimate of drug-likeness (QED) is 0.923. The van der Waals surface area contributed by atoms with Gasteiger partial charge < -0.3 is 10.6 Å². The first-order valence-corrected chi connectivity index (χ1v) is 8.07. The number of fused-ring (bicyclic) bond motifs is 1. The van der Waals surface area contributed by atoms with Gasteiger partial charge in [0.15, 0.2) is 0 Å². The van der Waals surface area contributed by atoms with E-state index in [-0.39, 0.29) is 11.3 Å². The summed E-state index contributed by atoms with van der Waals surface area (Å²) in [6.45, 7) is 5.07. The maximum atomic E-state index is 13.0. The first kappa shape index (κ1) is 16.2. The van der Waals surface area contributed by atoms with Crippen molar-refractivity contribution < 1.29 is 9.59 Å². The summed E-state index contributed by atoms with van der Waals surface area (Å²) in [4.78, 5) is 30.0. The third kappa shape index (κ3) is 2.89. The van der Waals surface area contributed by atoms with Crippen LogP contribution in [0.5, 0.6) is 0 Å². The molecule has 2 amide bonds. The lowest BCUT2D eigenvalue weighted by atomic mass is 9.80. The highest BCUT2D eigenvalue weighted by atomic mass is 16.2. The van der Waals surface area contributed by atoms with E-state index in [4.69, 9.17) is 5.73 Å². The van der Waals surface area contributed by atoms with E-state index >= 15 is 0 Å². The number of hydrogen-bond donors (Lipinski definition) is 1. The largest absolute Gasteiger partial charge is 0.366 e. The summed E-state index contributed by atoms with van der Waals surface area (Å²) in [5.41, 5.74) is 7.96. The number of amides is 2. The molecule has 1 aliphatic rings. The summed E-state index contributed by atoms with van der Waals surface area (Å²) in [5, 5.41) is 0. The van der Waals surface area contributed by atoms with Gasteiger partial charge in [-0.25, -0.2) is 0 Å². The van der Waals surface area contributed by atoms with Gasteiger partial charge in [-0.05, 0) is 42.0 Å². The average Bonchev–Trinajstić information content (AvgIpc) is 2.71. The SMILES string of the molecule is CC1(C)CCCN(C(=O)c2ccc(C(N)=O)cn2)c2ccccc21. The zero-order valence-corrected chi connectivity index (χ0v) is 14.0. The van der Waals surface area contributed by atoms with Crippen molar-refractivity contribution in [1.82, 2.24) is 4.98 Å². The Morgan fingerprint density at radius 1 is 1.17 bits per heavy atom. The van der Waals surface area contributed by atoms with Crippen LogP contribution in [0, 0.1) is 0 Å². The van der Waals surface area contributed by atoms with Crippen molar-refractivity contribution in [2.24, 2.45) is 5.73 Å². The van der Waals surface area contributed by atoms with Gasteiger partial charge in [0.2, 0.25) is 5.91 Å².